The van der Waals surface area contributed by atoms with Crippen LogP contribution in [0.3, 0.4) is 0 Å². The van der Waals surface area contributed by atoms with Crippen molar-refractivity contribution in [3.05, 3.63) is 0 Å². The van der Waals surface area contributed by atoms with Crippen molar-refractivity contribution < 1.29 is 28.2 Å². The van der Waals surface area contributed by atoms with E-state index < -0.39 is 30.9 Å². The van der Waals surface area contributed by atoms with Crippen molar-refractivity contribution in [3.63, 3.8) is 0 Å². The van der Waals surface area contributed by atoms with E-state index in [0.717, 1.165) is 0 Å². The molecule has 1 rings (SSSR count). The molecule has 7 heteroatoms. The number of aliphatic hydroxyl groups excluding tert-OH is 1. The molecule has 0 unspecified atom stereocenters. The fraction of sp³-hybridized carbons (Fsp3) is 0.714. The van der Waals surface area contributed by atoms with Crippen LogP contribution in [0.25, 0.3) is 0 Å². The molecule has 0 aliphatic carbocycles. The number of hydrogen-bond acceptors (Lipinski definition) is 4. The van der Waals surface area contributed by atoms with Gasteiger partial charge in [0, 0.05) is 0 Å². The highest BCUT2D eigenvalue weighted by molar-refractivity contribution is 5.98. The number of carbonyl (C=O) groups excluding carboxylic acids is 2. The van der Waals surface area contributed by atoms with Gasteiger partial charge in [0.05, 0.1) is 6.54 Å². The standard InChI is InChI=1S/C7H9F2NO4/c8-7(9,4-11)3-10-5(12)1-14-2-6(10)13/h11H,1-4H2. The monoisotopic (exact) mass is 209 g/mol. The van der Waals surface area contributed by atoms with Crippen LogP contribution in [0.4, 0.5) is 8.78 Å². The molecule has 5 nitrogen and oxygen atoms in total. The molecule has 0 aromatic carbocycles. The number of nitrogens with zero attached hydrogens (tertiary/aromatic N) is 1. The van der Waals surface area contributed by atoms with Crippen LogP contribution in [0.2, 0.25) is 0 Å². The lowest BCUT2D eigenvalue weighted by Gasteiger charge is -2.27. The minimum absolute atomic E-state index is 0.382. The Morgan fingerprint density at radius 3 is 2.29 bits per heavy atom. The molecule has 0 aromatic rings. The van der Waals surface area contributed by atoms with Crippen molar-refractivity contribution in [2.45, 2.75) is 5.92 Å². The Morgan fingerprint density at radius 2 is 1.86 bits per heavy atom. The fourth-order valence-corrected chi connectivity index (χ4v) is 0.978. The maximum atomic E-state index is 12.6. The number of hydrogen-bond donors (Lipinski definition) is 1. The average Bonchev–Trinajstić information content (AvgIpc) is 2.12. The summed E-state index contributed by atoms with van der Waals surface area (Å²) in [6.45, 7) is -3.25. The van der Waals surface area contributed by atoms with Gasteiger partial charge in [0.2, 0.25) is 0 Å². The van der Waals surface area contributed by atoms with Gasteiger partial charge in [-0.25, -0.2) is 8.78 Å². The molecular weight excluding hydrogens is 200 g/mol. The summed E-state index contributed by atoms with van der Waals surface area (Å²) in [6.07, 6.45) is 0. The van der Waals surface area contributed by atoms with Gasteiger partial charge >= 0.3 is 0 Å². The zero-order valence-corrected chi connectivity index (χ0v) is 7.20. The second-order valence-electron chi connectivity index (χ2n) is 2.88. The molecule has 0 aromatic heterocycles. The van der Waals surface area contributed by atoms with Crippen LogP contribution in [-0.2, 0) is 14.3 Å². The predicted molar refractivity (Wildman–Crippen MR) is 39.6 cm³/mol. The molecule has 0 spiro atoms. The van der Waals surface area contributed by atoms with Crippen LogP contribution in [0.1, 0.15) is 0 Å². The lowest BCUT2D eigenvalue weighted by atomic mass is 10.3. The molecule has 2 amide bonds. The summed E-state index contributed by atoms with van der Waals surface area (Å²) in [5.41, 5.74) is 0. The Bertz CT molecular complexity index is 240. The normalized spacial score (nSPS) is 18.9. The number of morpholine rings is 1. The first-order valence-electron chi connectivity index (χ1n) is 3.86. The third-order valence-electron chi connectivity index (χ3n) is 1.67. The number of aliphatic hydroxyl groups is 1. The van der Waals surface area contributed by atoms with Crippen molar-refractivity contribution in [2.24, 2.45) is 0 Å². The molecule has 1 fully saturated rings. The third-order valence-corrected chi connectivity index (χ3v) is 1.67. The molecule has 1 aliphatic rings. The van der Waals surface area contributed by atoms with Crippen molar-refractivity contribution in [2.75, 3.05) is 26.4 Å². The highest BCUT2D eigenvalue weighted by atomic mass is 19.3. The first-order chi connectivity index (χ1) is 6.46. The van der Waals surface area contributed by atoms with E-state index in [0.29, 0.717) is 4.90 Å². The summed E-state index contributed by atoms with van der Waals surface area (Å²) in [5, 5.41) is 8.27. The quantitative estimate of drug-likeness (QED) is 0.605. The summed E-state index contributed by atoms with van der Waals surface area (Å²) >= 11 is 0. The van der Waals surface area contributed by atoms with E-state index >= 15 is 0 Å². The highest BCUT2D eigenvalue weighted by Gasteiger charge is 2.37. The molecule has 0 radical (unpaired) electrons. The largest absolute Gasteiger partial charge is 0.390 e. The van der Waals surface area contributed by atoms with E-state index in [-0.39, 0.29) is 13.2 Å². The third kappa shape index (κ3) is 2.46. The molecule has 1 saturated heterocycles. The maximum absolute atomic E-state index is 12.6. The summed E-state index contributed by atoms with van der Waals surface area (Å²) < 4.78 is 29.8. The van der Waals surface area contributed by atoms with Crippen LogP contribution in [0.15, 0.2) is 0 Å². The zero-order valence-electron chi connectivity index (χ0n) is 7.20. The van der Waals surface area contributed by atoms with Gasteiger partial charge < -0.3 is 9.84 Å². The van der Waals surface area contributed by atoms with Crippen molar-refractivity contribution in [1.82, 2.24) is 4.90 Å². The topological polar surface area (TPSA) is 66.8 Å². The number of amides is 2. The second-order valence-corrected chi connectivity index (χ2v) is 2.88. The van der Waals surface area contributed by atoms with Gasteiger partial charge in [0.25, 0.3) is 17.7 Å². The SMILES string of the molecule is O=C1COCC(=O)N1CC(F)(F)CO. The Hall–Kier alpha value is -1.08. The number of rotatable bonds is 3. The van der Waals surface area contributed by atoms with Gasteiger partial charge in [0.15, 0.2) is 0 Å². The second kappa shape index (κ2) is 3.97. The van der Waals surface area contributed by atoms with Gasteiger partial charge in [-0.3, -0.25) is 14.5 Å². The Morgan fingerprint density at radius 1 is 1.36 bits per heavy atom. The zero-order chi connectivity index (χ0) is 10.8. The summed E-state index contributed by atoms with van der Waals surface area (Å²) in [4.78, 5) is 22.3. The molecular formula is C7H9F2NO4. The van der Waals surface area contributed by atoms with E-state index in [4.69, 9.17) is 5.11 Å². The maximum Gasteiger partial charge on any atom is 0.288 e. The Kier molecular flexibility index (Phi) is 3.12. The molecule has 0 atom stereocenters. The number of carbonyl (C=O) groups is 2. The summed E-state index contributed by atoms with van der Waals surface area (Å²) in [5.74, 6) is -5.08. The van der Waals surface area contributed by atoms with Crippen LogP contribution >= 0.6 is 0 Å². The van der Waals surface area contributed by atoms with E-state index in [1.165, 1.54) is 0 Å². The van der Waals surface area contributed by atoms with Gasteiger partial charge in [-0.2, -0.15) is 0 Å². The molecule has 14 heavy (non-hydrogen) atoms. The van der Waals surface area contributed by atoms with E-state index in [2.05, 4.69) is 4.74 Å². The fourth-order valence-electron chi connectivity index (χ4n) is 0.978. The minimum atomic E-state index is -3.46. The van der Waals surface area contributed by atoms with Gasteiger partial charge in [0.1, 0.15) is 19.8 Å². The molecule has 1 N–H and O–H groups in total. The van der Waals surface area contributed by atoms with E-state index in [9.17, 15) is 18.4 Å². The number of alkyl halides is 2. The van der Waals surface area contributed by atoms with E-state index in [1.54, 1.807) is 0 Å². The number of halogens is 2. The first kappa shape index (κ1) is 11.0. The predicted octanol–water partition coefficient (Wildman–Crippen LogP) is -1.00. The first-order valence-corrected chi connectivity index (χ1v) is 3.86. The Labute approximate surface area is 78.2 Å². The summed E-state index contributed by atoms with van der Waals surface area (Å²) in [6, 6.07) is 0. The Balaban J connectivity index is 2.65. The number of imide groups is 1. The van der Waals surface area contributed by atoms with Crippen LogP contribution in [0.5, 0.6) is 0 Å². The van der Waals surface area contributed by atoms with Gasteiger partial charge in [-0.05, 0) is 0 Å². The van der Waals surface area contributed by atoms with Crippen molar-refractivity contribution in [1.29, 1.82) is 0 Å². The molecule has 1 heterocycles. The van der Waals surface area contributed by atoms with E-state index in [1.807, 2.05) is 0 Å². The van der Waals surface area contributed by atoms with Crippen molar-refractivity contribution >= 4 is 11.8 Å². The highest BCUT2D eigenvalue weighted by Crippen LogP contribution is 2.15. The van der Waals surface area contributed by atoms with Gasteiger partial charge in [-0.15, -0.1) is 0 Å². The average molecular weight is 209 g/mol. The van der Waals surface area contributed by atoms with Gasteiger partial charge in [-0.1, -0.05) is 0 Å². The molecule has 1 aliphatic heterocycles. The van der Waals surface area contributed by atoms with Crippen LogP contribution in [0, 0.1) is 0 Å². The minimum Gasteiger partial charge on any atom is -0.390 e. The lowest BCUT2D eigenvalue weighted by molar-refractivity contribution is -0.166. The smallest absolute Gasteiger partial charge is 0.288 e. The molecule has 0 bridgehead atoms. The van der Waals surface area contributed by atoms with Crippen LogP contribution in [-0.4, -0.2) is 54.1 Å². The molecule has 80 valence electrons. The summed E-state index contributed by atoms with van der Waals surface area (Å²) in [7, 11) is 0. The molecule has 0 saturated carbocycles. The number of ether oxygens (including phenoxy) is 1. The van der Waals surface area contributed by atoms with Crippen molar-refractivity contribution in [3.8, 4) is 0 Å². The van der Waals surface area contributed by atoms with Crippen LogP contribution < -0.4 is 0 Å². The lowest BCUT2D eigenvalue weighted by Crippen LogP contribution is -2.51.